The van der Waals surface area contributed by atoms with E-state index in [1.165, 1.54) is 4.90 Å². The van der Waals surface area contributed by atoms with Gasteiger partial charge < -0.3 is 10.1 Å². The standard InChI is InChI=1S/C21H24N2O3/c1-15-10-11-16(2)18(13-15)22-20(24)19-9-6-12-23(19)21(25)26-14-17-7-4-3-5-8-17/h3-5,7-8,10-11,13,19H,6,9,12,14H2,1-2H3,(H,22,24). The Morgan fingerprint density at radius 3 is 2.69 bits per heavy atom. The van der Waals surface area contributed by atoms with Crippen LogP contribution in [-0.2, 0) is 16.1 Å². The average Bonchev–Trinajstić information content (AvgIpc) is 3.13. The van der Waals surface area contributed by atoms with Crippen molar-refractivity contribution in [3.63, 3.8) is 0 Å². The summed E-state index contributed by atoms with van der Waals surface area (Å²) in [5.41, 5.74) is 3.80. The van der Waals surface area contributed by atoms with E-state index in [-0.39, 0.29) is 12.5 Å². The third-order valence-corrected chi connectivity index (χ3v) is 4.65. The zero-order valence-electron chi connectivity index (χ0n) is 15.2. The van der Waals surface area contributed by atoms with Crippen LogP contribution < -0.4 is 5.32 Å². The summed E-state index contributed by atoms with van der Waals surface area (Å²) < 4.78 is 5.39. The quantitative estimate of drug-likeness (QED) is 0.903. The van der Waals surface area contributed by atoms with Crippen LogP contribution in [0.25, 0.3) is 0 Å². The molecule has 0 aliphatic carbocycles. The summed E-state index contributed by atoms with van der Waals surface area (Å²) in [6, 6.07) is 15.0. The molecule has 0 saturated carbocycles. The lowest BCUT2D eigenvalue weighted by atomic mass is 10.1. The molecule has 0 spiro atoms. The van der Waals surface area contributed by atoms with Gasteiger partial charge in [0.15, 0.2) is 0 Å². The molecule has 5 heteroatoms. The Morgan fingerprint density at radius 1 is 1.15 bits per heavy atom. The number of benzene rings is 2. The monoisotopic (exact) mass is 352 g/mol. The molecule has 1 unspecified atom stereocenters. The molecule has 1 fully saturated rings. The van der Waals surface area contributed by atoms with Gasteiger partial charge in [-0.3, -0.25) is 9.69 Å². The van der Waals surface area contributed by atoms with Gasteiger partial charge in [0.25, 0.3) is 0 Å². The molecule has 2 aromatic carbocycles. The van der Waals surface area contributed by atoms with Crippen molar-refractivity contribution in [2.45, 2.75) is 39.3 Å². The van der Waals surface area contributed by atoms with Crippen molar-refractivity contribution in [1.29, 1.82) is 0 Å². The van der Waals surface area contributed by atoms with Crippen LogP contribution >= 0.6 is 0 Å². The van der Waals surface area contributed by atoms with Gasteiger partial charge in [-0.15, -0.1) is 0 Å². The number of rotatable bonds is 4. The van der Waals surface area contributed by atoms with E-state index in [1.54, 1.807) is 0 Å². The lowest BCUT2D eigenvalue weighted by Crippen LogP contribution is -2.43. The Balaban J connectivity index is 1.62. The summed E-state index contributed by atoms with van der Waals surface area (Å²) in [5, 5.41) is 2.96. The Hall–Kier alpha value is -2.82. The maximum Gasteiger partial charge on any atom is 0.410 e. The van der Waals surface area contributed by atoms with Gasteiger partial charge >= 0.3 is 6.09 Å². The number of aryl methyl sites for hydroxylation is 2. The third kappa shape index (κ3) is 4.23. The molecular weight excluding hydrogens is 328 g/mol. The number of anilines is 1. The molecule has 1 aliphatic rings. The van der Waals surface area contributed by atoms with Crippen molar-refractivity contribution >= 4 is 17.7 Å². The zero-order valence-corrected chi connectivity index (χ0v) is 15.2. The van der Waals surface area contributed by atoms with Gasteiger partial charge in [-0.1, -0.05) is 42.5 Å². The summed E-state index contributed by atoms with van der Waals surface area (Å²) in [7, 11) is 0. The molecule has 5 nitrogen and oxygen atoms in total. The first-order chi connectivity index (χ1) is 12.5. The Bertz CT molecular complexity index is 789. The lowest BCUT2D eigenvalue weighted by Gasteiger charge is -2.23. The molecule has 1 atom stereocenters. The largest absolute Gasteiger partial charge is 0.445 e. The smallest absolute Gasteiger partial charge is 0.410 e. The highest BCUT2D eigenvalue weighted by Crippen LogP contribution is 2.22. The molecule has 1 aliphatic heterocycles. The van der Waals surface area contributed by atoms with Gasteiger partial charge in [0.1, 0.15) is 12.6 Å². The van der Waals surface area contributed by atoms with E-state index in [1.807, 2.05) is 62.4 Å². The topological polar surface area (TPSA) is 58.6 Å². The molecule has 1 saturated heterocycles. The van der Waals surface area contributed by atoms with E-state index in [9.17, 15) is 9.59 Å². The van der Waals surface area contributed by atoms with E-state index in [0.29, 0.717) is 13.0 Å². The van der Waals surface area contributed by atoms with Crippen LogP contribution in [0.3, 0.4) is 0 Å². The molecule has 0 bridgehead atoms. The van der Waals surface area contributed by atoms with E-state index < -0.39 is 12.1 Å². The van der Waals surface area contributed by atoms with Crippen LogP contribution in [0.2, 0.25) is 0 Å². The van der Waals surface area contributed by atoms with Crippen LogP contribution in [0.4, 0.5) is 10.5 Å². The maximum atomic E-state index is 12.7. The minimum absolute atomic E-state index is 0.159. The summed E-state index contributed by atoms with van der Waals surface area (Å²) in [6.07, 6.45) is 1.01. The fourth-order valence-corrected chi connectivity index (χ4v) is 3.15. The van der Waals surface area contributed by atoms with Gasteiger partial charge in [0.2, 0.25) is 5.91 Å². The first-order valence-corrected chi connectivity index (χ1v) is 8.90. The third-order valence-electron chi connectivity index (χ3n) is 4.65. The van der Waals surface area contributed by atoms with Crippen molar-refractivity contribution in [3.8, 4) is 0 Å². The first kappa shape index (κ1) is 18.0. The number of likely N-dealkylation sites (tertiary alicyclic amines) is 1. The van der Waals surface area contributed by atoms with Crippen LogP contribution in [-0.4, -0.2) is 29.5 Å². The minimum atomic E-state index is -0.488. The maximum absolute atomic E-state index is 12.7. The summed E-state index contributed by atoms with van der Waals surface area (Å²) in [5.74, 6) is -0.159. The highest BCUT2D eigenvalue weighted by atomic mass is 16.6. The molecule has 136 valence electrons. The minimum Gasteiger partial charge on any atom is -0.445 e. The van der Waals surface area contributed by atoms with E-state index in [0.717, 1.165) is 28.8 Å². The first-order valence-electron chi connectivity index (χ1n) is 8.90. The van der Waals surface area contributed by atoms with Crippen LogP contribution in [0.15, 0.2) is 48.5 Å². The van der Waals surface area contributed by atoms with E-state index >= 15 is 0 Å². The van der Waals surface area contributed by atoms with E-state index in [4.69, 9.17) is 4.74 Å². The molecule has 1 heterocycles. The highest BCUT2D eigenvalue weighted by Gasteiger charge is 2.35. The van der Waals surface area contributed by atoms with Gasteiger partial charge in [0.05, 0.1) is 0 Å². The van der Waals surface area contributed by atoms with Crippen molar-refractivity contribution < 1.29 is 14.3 Å². The Labute approximate surface area is 154 Å². The van der Waals surface area contributed by atoms with Gasteiger partial charge in [-0.2, -0.15) is 0 Å². The molecule has 3 rings (SSSR count). The molecule has 26 heavy (non-hydrogen) atoms. The van der Waals surface area contributed by atoms with Crippen LogP contribution in [0.5, 0.6) is 0 Å². The van der Waals surface area contributed by atoms with Crippen molar-refractivity contribution in [2.24, 2.45) is 0 Å². The number of hydrogen-bond donors (Lipinski definition) is 1. The van der Waals surface area contributed by atoms with Crippen molar-refractivity contribution in [3.05, 3.63) is 65.2 Å². The van der Waals surface area contributed by atoms with Crippen molar-refractivity contribution in [2.75, 3.05) is 11.9 Å². The fraction of sp³-hybridized carbons (Fsp3) is 0.333. The number of hydrogen-bond acceptors (Lipinski definition) is 3. The number of ether oxygens (including phenoxy) is 1. The highest BCUT2D eigenvalue weighted by molar-refractivity contribution is 5.97. The zero-order chi connectivity index (χ0) is 18.5. The number of nitrogens with zero attached hydrogens (tertiary/aromatic N) is 1. The average molecular weight is 352 g/mol. The Kier molecular flexibility index (Phi) is 5.56. The molecule has 2 aromatic rings. The van der Waals surface area contributed by atoms with Crippen LogP contribution in [0, 0.1) is 13.8 Å². The van der Waals surface area contributed by atoms with Gasteiger partial charge in [0, 0.05) is 12.2 Å². The second-order valence-electron chi connectivity index (χ2n) is 6.70. The normalized spacial score (nSPS) is 16.4. The van der Waals surface area contributed by atoms with Gasteiger partial charge in [-0.25, -0.2) is 4.79 Å². The SMILES string of the molecule is Cc1ccc(C)c(NC(=O)C2CCCN2C(=O)OCc2ccccc2)c1. The molecule has 0 radical (unpaired) electrons. The molecule has 2 amide bonds. The molecule has 1 N–H and O–H groups in total. The Morgan fingerprint density at radius 2 is 1.92 bits per heavy atom. The summed E-state index contributed by atoms with van der Waals surface area (Å²) in [4.78, 5) is 26.7. The van der Waals surface area contributed by atoms with Gasteiger partial charge in [-0.05, 0) is 49.4 Å². The lowest BCUT2D eigenvalue weighted by molar-refractivity contribution is -0.120. The predicted molar refractivity (Wildman–Crippen MR) is 101 cm³/mol. The predicted octanol–water partition coefficient (Wildman–Crippen LogP) is 4.04. The number of nitrogens with one attached hydrogen (secondary N) is 1. The second kappa shape index (κ2) is 8.04. The second-order valence-corrected chi connectivity index (χ2v) is 6.70. The molecular formula is C21H24N2O3. The number of carbonyl (C=O) groups is 2. The fourth-order valence-electron chi connectivity index (χ4n) is 3.15. The molecule has 0 aromatic heterocycles. The van der Waals surface area contributed by atoms with Crippen LogP contribution in [0.1, 0.15) is 29.5 Å². The summed E-state index contributed by atoms with van der Waals surface area (Å²) >= 11 is 0. The summed E-state index contributed by atoms with van der Waals surface area (Å²) in [6.45, 7) is 4.69. The van der Waals surface area contributed by atoms with E-state index in [2.05, 4.69) is 5.32 Å². The number of amides is 2. The van der Waals surface area contributed by atoms with Crippen molar-refractivity contribution in [1.82, 2.24) is 4.90 Å². The number of carbonyl (C=O) groups excluding carboxylic acids is 2.